The summed E-state index contributed by atoms with van der Waals surface area (Å²) in [5.41, 5.74) is 0.137. The summed E-state index contributed by atoms with van der Waals surface area (Å²) >= 11 is 0. The maximum absolute atomic E-state index is 12.1. The molecule has 0 radical (unpaired) electrons. The van der Waals surface area contributed by atoms with E-state index in [1.165, 1.54) is 0 Å². The molecule has 1 fully saturated rings. The number of anilines is 1. The molecular weight excluding hydrogens is 268 g/mol. The first-order chi connectivity index (χ1) is 10.1. The lowest BCUT2D eigenvalue weighted by molar-refractivity contribution is 0.159. The number of hydrogen-bond donors (Lipinski definition) is 3. The van der Waals surface area contributed by atoms with Crippen LogP contribution in [0.15, 0.2) is 24.3 Å². The van der Waals surface area contributed by atoms with Gasteiger partial charge in [-0.05, 0) is 44.2 Å². The van der Waals surface area contributed by atoms with E-state index in [2.05, 4.69) is 10.6 Å². The van der Waals surface area contributed by atoms with Crippen molar-refractivity contribution < 1.29 is 14.6 Å². The zero-order valence-electron chi connectivity index (χ0n) is 12.7. The van der Waals surface area contributed by atoms with E-state index < -0.39 is 5.54 Å². The Kier molecular flexibility index (Phi) is 5.07. The van der Waals surface area contributed by atoms with Crippen LogP contribution in [0.5, 0.6) is 5.75 Å². The third kappa shape index (κ3) is 4.36. The van der Waals surface area contributed by atoms with E-state index in [4.69, 9.17) is 4.74 Å². The first kappa shape index (κ1) is 15.6. The lowest BCUT2D eigenvalue weighted by Gasteiger charge is -2.28. The lowest BCUT2D eigenvalue weighted by atomic mass is 9.97. The highest BCUT2D eigenvalue weighted by Gasteiger charge is 2.42. The summed E-state index contributed by atoms with van der Waals surface area (Å²) in [6, 6.07) is 7.01. The molecule has 21 heavy (non-hydrogen) atoms. The third-order valence-electron chi connectivity index (χ3n) is 3.77. The summed E-state index contributed by atoms with van der Waals surface area (Å²) in [5, 5.41) is 15.2. The summed E-state index contributed by atoms with van der Waals surface area (Å²) in [6.07, 6.45) is 3.05. The largest absolute Gasteiger partial charge is 0.494 e. The number of rotatable bonds is 7. The summed E-state index contributed by atoms with van der Waals surface area (Å²) in [7, 11) is 0. The van der Waals surface area contributed by atoms with Crippen LogP contribution in [0.3, 0.4) is 0 Å². The summed E-state index contributed by atoms with van der Waals surface area (Å²) in [4.78, 5) is 12.1. The van der Waals surface area contributed by atoms with E-state index in [1.54, 1.807) is 6.07 Å². The van der Waals surface area contributed by atoms with Crippen molar-refractivity contribution in [3.8, 4) is 5.75 Å². The van der Waals surface area contributed by atoms with Gasteiger partial charge in [0.05, 0.1) is 18.8 Å². The lowest BCUT2D eigenvalue weighted by Crippen LogP contribution is -2.52. The van der Waals surface area contributed by atoms with Crippen molar-refractivity contribution in [1.82, 2.24) is 5.32 Å². The Morgan fingerprint density at radius 2 is 2.24 bits per heavy atom. The minimum Gasteiger partial charge on any atom is -0.494 e. The minimum atomic E-state index is -0.541. The van der Waals surface area contributed by atoms with Gasteiger partial charge in [-0.3, -0.25) is 0 Å². The molecule has 0 aromatic heterocycles. The van der Waals surface area contributed by atoms with Gasteiger partial charge in [0.2, 0.25) is 0 Å². The van der Waals surface area contributed by atoms with Crippen molar-refractivity contribution in [2.24, 2.45) is 5.92 Å². The smallest absolute Gasteiger partial charge is 0.319 e. The van der Waals surface area contributed by atoms with Gasteiger partial charge in [-0.25, -0.2) is 4.79 Å². The van der Waals surface area contributed by atoms with E-state index in [0.717, 1.165) is 25.0 Å². The number of urea groups is 1. The first-order valence-electron chi connectivity index (χ1n) is 7.50. The molecule has 1 saturated carbocycles. The Labute approximate surface area is 125 Å². The van der Waals surface area contributed by atoms with Crippen LogP contribution in [0.4, 0.5) is 10.5 Å². The van der Waals surface area contributed by atoms with Crippen LogP contribution in [-0.2, 0) is 0 Å². The van der Waals surface area contributed by atoms with E-state index >= 15 is 0 Å². The summed E-state index contributed by atoms with van der Waals surface area (Å²) in [5.74, 6) is 1.11. The number of nitrogens with one attached hydrogen (secondary N) is 2. The normalized spacial score (nSPS) is 16.9. The average molecular weight is 292 g/mol. The molecule has 1 unspecified atom stereocenters. The maximum atomic E-state index is 12.1. The number of hydrogen-bond acceptors (Lipinski definition) is 3. The number of amides is 2. The molecule has 1 aromatic rings. The second-order valence-electron chi connectivity index (χ2n) is 5.81. The molecule has 0 saturated heterocycles. The van der Waals surface area contributed by atoms with Gasteiger partial charge in [-0.1, -0.05) is 13.0 Å². The molecule has 3 N–H and O–H groups in total. The standard InChI is InChI=1S/C16H24N2O3/c1-3-9-21-14-6-4-5-13(10-14)17-15(20)18-16(2,11-19)12-7-8-12/h4-6,10,12,19H,3,7-9,11H2,1-2H3,(H2,17,18,20). The number of aliphatic hydroxyl groups excluding tert-OH is 1. The highest BCUT2D eigenvalue weighted by atomic mass is 16.5. The third-order valence-corrected chi connectivity index (χ3v) is 3.77. The average Bonchev–Trinajstić information content (AvgIpc) is 3.30. The SMILES string of the molecule is CCCOc1cccc(NC(=O)NC(C)(CO)C2CC2)c1. The Balaban J connectivity index is 1.92. The molecule has 5 heteroatoms. The van der Waals surface area contributed by atoms with Crippen LogP contribution in [0, 0.1) is 5.92 Å². The molecule has 0 bridgehead atoms. The van der Waals surface area contributed by atoms with Crippen molar-refractivity contribution in [2.75, 3.05) is 18.5 Å². The van der Waals surface area contributed by atoms with Crippen molar-refractivity contribution in [1.29, 1.82) is 0 Å². The number of carbonyl (C=O) groups excluding carboxylic acids is 1. The summed E-state index contributed by atoms with van der Waals surface area (Å²) < 4.78 is 5.54. The van der Waals surface area contributed by atoms with Gasteiger partial charge < -0.3 is 20.5 Å². The Morgan fingerprint density at radius 3 is 2.86 bits per heavy atom. The Hall–Kier alpha value is -1.75. The van der Waals surface area contributed by atoms with Gasteiger partial charge in [-0.2, -0.15) is 0 Å². The molecular formula is C16H24N2O3. The van der Waals surface area contributed by atoms with Crippen LogP contribution >= 0.6 is 0 Å². The zero-order valence-corrected chi connectivity index (χ0v) is 12.7. The Bertz CT molecular complexity index is 488. The quantitative estimate of drug-likeness (QED) is 0.723. The molecule has 116 valence electrons. The van der Waals surface area contributed by atoms with Gasteiger partial charge in [-0.15, -0.1) is 0 Å². The second-order valence-corrected chi connectivity index (χ2v) is 5.81. The molecule has 0 heterocycles. The maximum Gasteiger partial charge on any atom is 0.319 e. The predicted octanol–water partition coefficient (Wildman–Crippen LogP) is 2.76. The molecule has 1 aliphatic carbocycles. The molecule has 1 aliphatic rings. The van der Waals surface area contributed by atoms with Gasteiger partial charge in [0.25, 0.3) is 0 Å². The van der Waals surface area contributed by atoms with Crippen molar-refractivity contribution in [3.63, 3.8) is 0 Å². The Morgan fingerprint density at radius 1 is 1.48 bits per heavy atom. The predicted molar refractivity (Wildman–Crippen MR) is 82.6 cm³/mol. The highest BCUT2D eigenvalue weighted by Crippen LogP contribution is 2.39. The summed E-state index contributed by atoms with van der Waals surface area (Å²) in [6.45, 7) is 4.53. The van der Waals surface area contributed by atoms with E-state index in [0.29, 0.717) is 18.2 Å². The second kappa shape index (κ2) is 6.80. The topological polar surface area (TPSA) is 70.6 Å². The van der Waals surface area contributed by atoms with E-state index in [1.807, 2.05) is 32.0 Å². The van der Waals surface area contributed by atoms with Crippen molar-refractivity contribution >= 4 is 11.7 Å². The monoisotopic (exact) mass is 292 g/mol. The molecule has 1 aromatic carbocycles. The van der Waals surface area contributed by atoms with Crippen LogP contribution in [0.1, 0.15) is 33.1 Å². The number of benzene rings is 1. The van der Waals surface area contributed by atoms with Gasteiger partial charge in [0, 0.05) is 11.8 Å². The van der Waals surface area contributed by atoms with Gasteiger partial charge >= 0.3 is 6.03 Å². The number of aliphatic hydroxyl groups is 1. The van der Waals surface area contributed by atoms with Crippen molar-refractivity contribution in [2.45, 2.75) is 38.6 Å². The fourth-order valence-electron chi connectivity index (χ4n) is 2.30. The minimum absolute atomic E-state index is 0.0509. The molecule has 2 rings (SSSR count). The molecule has 1 atom stereocenters. The molecule has 0 spiro atoms. The molecule has 2 amide bonds. The molecule has 0 aliphatic heterocycles. The van der Waals surface area contributed by atoms with Crippen LogP contribution in [-0.4, -0.2) is 29.9 Å². The first-order valence-corrected chi connectivity index (χ1v) is 7.50. The van der Waals surface area contributed by atoms with Crippen LogP contribution in [0.25, 0.3) is 0 Å². The highest BCUT2D eigenvalue weighted by molar-refractivity contribution is 5.90. The van der Waals surface area contributed by atoms with E-state index in [9.17, 15) is 9.90 Å². The van der Waals surface area contributed by atoms with Crippen LogP contribution < -0.4 is 15.4 Å². The fraction of sp³-hybridized carbons (Fsp3) is 0.562. The molecule has 5 nitrogen and oxygen atoms in total. The number of carbonyl (C=O) groups is 1. The van der Waals surface area contributed by atoms with Gasteiger partial charge in [0.15, 0.2) is 0 Å². The number of ether oxygens (including phenoxy) is 1. The van der Waals surface area contributed by atoms with E-state index in [-0.39, 0.29) is 12.6 Å². The van der Waals surface area contributed by atoms with Crippen molar-refractivity contribution in [3.05, 3.63) is 24.3 Å². The zero-order chi connectivity index (χ0) is 15.3. The fourth-order valence-corrected chi connectivity index (χ4v) is 2.30. The van der Waals surface area contributed by atoms with Gasteiger partial charge in [0.1, 0.15) is 5.75 Å². The van der Waals surface area contributed by atoms with Crippen LogP contribution in [0.2, 0.25) is 0 Å².